The third kappa shape index (κ3) is 47.2. The standard InChI is InChI=1S/2C2H5.Al.IO3/c2*1-2;;2-1(3)4/h2*1H2,2H3;;/q;;+1;-1. The van der Waals surface area contributed by atoms with Gasteiger partial charge in [0.05, 0.1) is 0 Å². The SMILES string of the molecule is C[CH2][Al+][CH2]C.[O-][I+2]([O-])[O-]. The van der Waals surface area contributed by atoms with Crippen molar-refractivity contribution >= 4 is 15.2 Å². The molecule has 0 aromatic heterocycles. The van der Waals surface area contributed by atoms with E-state index < -0.39 is 21.1 Å². The number of hydrogen-bond donors (Lipinski definition) is 0. The summed E-state index contributed by atoms with van der Waals surface area (Å²) in [5.74, 6) is 0. The van der Waals surface area contributed by atoms with Gasteiger partial charge in [-0.15, -0.1) is 0 Å². The average molecular weight is 260 g/mol. The molecule has 0 radical (unpaired) electrons. The molecule has 0 spiro atoms. The first-order valence-corrected chi connectivity index (χ1v) is 6.97. The maximum absolute atomic E-state index is 8.57. The molecule has 0 aliphatic heterocycles. The molecule has 0 bridgehead atoms. The van der Waals surface area contributed by atoms with Crippen LogP contribution in [0.1, 0.15) is 13.8 Å². The van der Waals surface area contributed by atoms with Gasteiger partial charge in [0.15, 0.2) is 0 Å². The van der Waals surface area contributed by atoms with Crippen molar-refractivity contribution in [1.29, 1.82) is 0 Å². The Morgan fingerprint density at radius 2 is 1.33 bits per heavy atom. The minimum absolute atomic E-state index is 0.815. The van der Waals surface area contributed by atoms with Gasteiger partial charge in [0.25, 0.3) is 21.1 Å². The Morgan fingerprint density at radius 3 is 1.33 bits per heavy atom. The predicted molar refractivity (Wildman–Crippen MR) is 26.7 cm³/mol. The van der Waals surface area contributed by atoms with Crippen LogP contribution in [0.5, 0.6) is 0 Å². The predicted octanol–water partition coefficient (Wildman–Crippen LogP) is -5.00. The van der Waals surface area contributed by atoms with E-state index in [2.05, 4.69) is 13.8 Å². The van der Waals surface area contributed by atoms with Crippen LogP contribution in [0, 0.1) is 0 Å². The molecule has 0 aliphatic rings. The molecule has 0 fully saturated rings. The Hall–Kier alpha value is 1.14. The van der Waals surface area contributed by atoms with Gasteiger partial charge in [-0.25, -0.2) is 0 Å². The van der Waals surface area contributed by atoms with Gasteiger partial charge in [-0.3, -0.25) is 0 Å². The first-order chi connectivity index (χ1) is 4.15. The zero-order chi connectivity index (χ0) is 7.70. The number of halogens is 1. The molecule has 0 saturated heterocycles. The molecule has 0 heterocycles. The zero-order valence-corrected chi connectivity index (χ0v) is 8.91. The van der Waals surface area contributed by atoms with E-state index in [0.717, 1.165) is 15.2 Å². The van der Waals surface area contributed by atoms with E-state index in [-0.39, 0.29) is 0 Å². The molecule has 0 rings (SSSR count). The smallest absolute Gasteiger partial charge is 0.282 e. The normalized spacial score (nSPS) is 7.78. The Bertz CT molecular complexity index is 40.0. The van der Waals surface area contributed by atoms with Crippen molar-refractivity contribution < 1.29 is 31.4 Å². The Kier molecular flexibility index (Phi) is 16.9. The van der Waals surface area contributed by atoms with Gasteiger partial charge >= 0.3 is 39.6 Å². The van der Waals surface area contributed by atoms with Gasteiger partial charge in [0.2, 0.25) is 0 Å². The average Bonchev–Trinajstić information content (AvgIpc) is 1.66. The van der Waals surface area contributed by atoms with Gasteiger partial charge in [-0.1, -0.05) is 0 Å². The molecule has 0 aliphatic carbocycles. The largest absolute Gasteiger partial charge is 0.427 e. The molecule has 0 amide bonds. The first kappa shape index (κ1) is 12.8. The van der Waals surface area contributed by atoms with Gasteiger partial charge in [0, 0.05) is 0 Å². The van der Waals surface area contributed by atoms with E-state index in [1.807, 2.05) is 0 Å². The molecule has 5 heteroatoms. The van der Waals surface area contributed by atoms with Crippen LogP contribution >= 0.6 is 0 Å². The third-order valence-electron chi connectivity index (χ3n) is 0.577. The molecular weight excluding hydrogens is 250 g/mol. The summed E-state index contributed by atoms with van der Waals surface area (Å²) in [4.78, 5) is 0. The van der Waals surface area contributed by atoms with Crippen LogP contribution in [0.3, 0.4) is 0 Å². The summed E-state index contributed by atoms with van der Waals surface area (Å²) < 4.78 is 25.7. The quantitative estimate of drug-likeness (QED) is 0.369. The minimum Gasteiger partial charge on any atom is -0.427 e. The van der Waals surface area contributed by atoms with Gasteiger partial charge in [-0.05, 0) is 0 Å². The monoisotopic (exact) mass is 260 g/mol. The molecule has 3 nitrogen and oxygen atoms in total. The van der Waals surface area contributed by atoms with E-state index in [0.29, 0.717) is 0 Å². The number of rotatable bonds is 2. The van der Waals surface area contributed by atoms with Crippen molar-refractivity contribution in [1.82, 2.24) is 0 Å². The molecular formula is C4H10AlIO3. The van der Waals surface area contributed by atoms with Crippen LogP contribution in [0.2, 0.25) is 10.6 Å². The molecule has 0 unspecified atom stereocenters. The maximum Gasteiger partial charge on any atom is 0.282 e. The summed E-state index contributed by atoms with van der Waals surface area (Å²) in [7, 11) is 0. The van der Waals surface area contributed by atoms with Crippen LogP contribution in [-0.4, -0.2) is 15.2 Å². The fourth-order valence-electron chi connectivity index (χ4n) is 0.289. The molecule has 0 aromatic carbocycles. The molecule has 54 valence electrons. The fraction of sp³-hybridized carbons (Fsp3) is 1.00. The fourth-order valence-corrected chi connectivity index (χ4v) is 0.866. The van der Waals surface area contributed by atoms with E-state index in [4.69, 9.17) is 10.3 Å². The van der Waals surface area contributed by atoms with Crippen LogP contribution in [-0.2, 0) is 0 Å². The first-order valence-electron chi connectivity index (χ1n) is 2.69. The second kappa shape index (κ2) is 11.9. The topological polar surface area (TPSA) is 69.2 Å². The van der Waals surface area contributed by atoms with E-state index in [1.165, 1.54) is 10.6 Å². The summed E-state index contributed by atoms with van der Waals surface area (Å²) in [6.45, 7) is 4.50. The summed E-state index contributed by atoms with van der Waals surface area (Å²) in [5, 5.41) is 2.85. The van der Waals surface area contributed by atoms with Gasteiger partial charge in [-0.2, -0.15) is 0 Å². The van der Waals surface area contributed by atoms with Crippen molar-refractivity contribution in [2.45, 2.75) is 24.4 Å². The van der Waals surface area contributed by atoms with Crippen LogP contribution < -0.4 is 31.4 Å². The summed E-state index contributed by atoms with van der Waals surface area (Å²) >= 11 is -3.20. The van der Waals surface area contributed by atoms with Crippen LogP contribution in [0.25, 0.3) is 0 Å². The van der Waals surface area contributed by atoms with Crippen molar-refractivity contribution in [3.05, 3.63) is 0 Å². The Labute approximate surface area is 70.8 Å². The van der Waals surface area contributed by atoms with Gasteiger partial charge in [0.1, 0.15) is 0 Å². The maximum atomic E-state index is 8.57. The van der Waals surface area contributed by atoms with Crippen molar-refractivity contribution in [2.24, 2.45) is 0 Å². The third-order valence-corrected chi connectivity index (χ3v) is 1.73. The second-order valence-electron chi connectivity index (χ2n) is 1.29. The van der Waals surface area contributed by atoms with E-state index in [1.54, 1.807) is 0 Å². The molecule has 9 heavy (non-hydrogen) atoms. The molecule has 0 aromatic rings. The summed E-state index contributed by atoms with van der Waals surface area (Å²) in [5.41, 5.74) is 0. The van der Waals surface area contributed by atoms with Crippen molar-refractivity contribution in [2.75, 3.05) is 0 Å². The summed E-state index contributed by atoms with van der Waals surface area (Å²) in [6.07, 6.45) is 0. The Morgan fingerprint density at radius 1 is 1.11 bits per heavy atom. The molecule has 0 N–H and O–H groups in total. The zero-order valence-electron chi connectivity index (χ0n) is 5.59. The van der Waals surface area contributed by atoms with E-state index >= 15 is 0 Å². The second-order valence-corrected chi connectivity index (χ2v) is 4.58. The van der Waals surface area contributed by atoms with Crippen LogP contribution in [0.15, 0.2) is 0 Å². The molecule has 0 saturated carbocycles. The van der Waals surface area contributed by atoms with E-state index in [9.17, 15) is 0 Å². The minimum atomic E-state index is -4.01. The van der Waals surface area contributed by atoms with Gasteiger partial charge < -0.3 is 10.3 Å². The molecule has 0 atom stereocenters. The van der Waals surface area contributed by atoms with Crippen molar-refractivity contribution in [3.8, 4) is 0 Å². The van der Waals surface area contributed by atoms with Crippen LogP contribution in [0.4, 0.5) is 0 Å². The Balaban J connectivity index is 0. The van der Waals surface area contributed by atoms with Crippen molar-refractivity contribution in [3.63, 3.8) is 0 Å². The number of hydrogen-bond acceptors (Lipinski definition) is 3. The summed E-state index contributed by atoms with van der Waals surface area (Å²) in [6, 6.07) is 0.